The van der Waals surface area contributed by atoms with Gasteiger partial charge in [0.15, 0.2) is 0 Å². The molecule has 3 aromatic rings. The van der Waals surface area contributed by atoms with Crippen LogP contribution in [0.2, 0.25) is 0 Å². The molecular formula is C25H26Cl2Zr. The average Bonchev–Trinajstić information content (AvgIpc) is 3.14. The minimum Gasteiger partial charge on any atom is -1.00 e. The summed E-state index contributed by atoms with van der Waals surface area (Å²) in [7, 11) is 0. The first-order chi connectivity index (χ1) is 12.3. The van der Waals surface area contributed by atoms with Crippen molar-refractivity contribution in [3.8, 4) is 0 Å². The summed E-state index contributed by atoms with van der Waals surface area (Å²) >= 11 is 0. The third kappa shape index (κ3) is 5.24. The van der Waals surface area contributed by atoms with E-state index < -0.39 is 0 Å². The predicted octanol–water partition coefficient (Wildman–Crippen LogP) is 0.710. The zero-order valence-corrected chi connectivity index (χ0v) is 20.4. The third-order valence-electron chi connectivity index (χ3n) is 5.67. The van der Waals surface area contributed by atoms with Crippen molar-refractivity contribution in [2.45, 2.75) is 39.0 Å². The van der Waals surface area contributed by atoms with E-state index in [1.165, 1.54) is 41.2 Å². The molecule has 0 bridgehead atoms. The summed E-state index contributed by atoms with van der Waals surface area (Å²) in [5, 5.41) is 2.91. The maximum Gasteiger partial charge on any atom is 4.00 e. The molecule has 0 nitrogen and oxygen atoms in total. The smallest absolute Gasteiger partial charge is 1.00 e. The van der Waals surface area contributed by atoms with Gasteiger partial charge < -0.3 is 31.2 Å². The first-order valence-corrected chi connectivity index (χ1v) is 9.54. The fourth-order valence-corrected chi connectivity index (χ4v) is 3.88. The molecule has 0 saturated carbocycles. The van der Waals surface area contributed by atoms with Gasteiger partial charge in [-0.25, -0.2) is 0 Å². The van der Waals surface area contributed by atoms with Crippen LogP contribution in [0.5, 0.6) is 0 Å². The molecule has 2 unspecified atom stereocenters. The van der Waals surface area contributed by atoms with Crippen LogP contribution >= 0.6 is 0 Å². The van der Waals surface area contributed by atoms with E-state index in [1.807, 2.05) is 0 Å². The van der Waals surface area contributed by atoms with Crippen LogP contribution < -0.4 is 24.8 Å². The van der Waals surface area contributed by atoms with E-state index in [1.54, 1.807) is 11.1 Å². The van der Waals surface area contributed by atoms with Gasteiger partial charge in [0.1, 0.15) is 0 Å². The summed E-state index contributed by atoms with van der Waals surface area (Å²) in [6.45, 7) is 4.53. The summed E-state index contributed by atoms with van der Waals surface area (Å²) in [5.41, 5.74) is 6.02. The minimum atomic E-state index is 0. The fourth-order valence-electron chi connectivity index (χ4n) is 3.88. The molecule has 2 aliphatic rings. The van der Waals surface area contributed by atoms with Gasteiger partial charge in [0.2, 0.25) is 0 Å². The first kappa shape index (κ1) is 25.3. The molecule has 0 heterocycles. The summed E-state index contributed by atoms with van der Waals surface area (Å²) in [6, 6.07) is 19.7. The molecule has 0 fully saturated rings. The zero-order chi connectivity index (χ0) is 17.2. The van der Waals surface area contributed by atoms with Gasteiger partial charge in [0.05, 0.1) is 0 Å². The van der Waals surface area contributed by atoms with Gasteiger partial charge in [-0.15, -0.1) is 58.2 Å². The molecule has 3 aromatic carbocycles. The normalized spacial score (nSPS) is 16.1. The Kier molecular flexibility index (Phi) is 10.3. The molecule has 0 amide bonds. The Labute approximate surface area is 201 Å². The molecule has 0 radical (unpaired) electrons. The first-order valence-electron chi connectivity index (χ1n) is 9.54. The monoisotopic (exact) mass is 486 g/mol. The number of rotatable bonds is 3. The average molecular weight is 489 g/mol. The van der Waals surface area contributed by atoms with Crippen molar-refractivity contribution in [2.24, 2.45) is 5.92 Å². The second-order valence-corrected chi connectivity index (χ2v) is 7.33. The third-order valence-corrected chi connectivity index (χ3v) is 5.67. The molecule has 144 valence electrons. The van der Waals surface area contributed by atoms with Crippen molar-refractivity contribution < 1.29 is 51.0 Å². The Balaban J connectivity index is 0.000000257. The van der Waals surface area contributed by atoms with Gasteiger partial charge in [0, 0.05) is 0 Å². The van der Waals surface area contributed by atoms with Crippen molar-refractivity contribution in [1.29, 1.82) is 0 Å². The molecule has 2 aliphatic carbocycles. The van der Waals surface area contributed by atoms with Crippen LogP contribution in [0.3, 0.4) is 0 Å². The van der Waals surface area contributed by atoms with Gasteiger partial charge in [-0.2, -0.15) is 5.92 Å². The van der Waals surface area contributed by atoms with E-state index in [0.29, 0.717) is 11.8 Å². The fraction of sp³-hybridized carbons (Fsp3) is 0.280. The van der Waals surface area contributed by atoms with Crippen LogP contribution in [-0.4, -0.2) is 0 Å². The summed E-state index contributed by atoms with van der Waals surface area (Å²) < 4.78 is 0. The Morgan fingerprint density at radius 1 is 1.04 bits per heavy atom. The molecule has 3 heteroatoms. The summed E-state index contributed by atoms with van der Waals surface area (Å²) in [6.07, 6.45) is 10.8. The van der Waals surface area contributed by atoms with Gasteiger partial charge in [-0.3, -0.25) is 0 Å². The maximum absolute atomic E-state index is 2.45. The standard InChI is InChI=1S/C14H17.C11H9.2ClH.Zr/c1-3-11(2)10-13-9-8-12-6-4-5-7-14(12)13;1-2-4-10-8(3-1)7-9-5-6-11(9)10;;;/h4-11,13H,3H2,1-2H3;1-4,7H,5-6H2;2*1H;/q2*-1;;;+4/p-2. The topological polar surface area (TPSA) is 0 Å². The van der Waals surface area contributed by atoms with Crippen LogP contribution in [0.15, 0.2) is 60.7 Å². The van der Waals surface area contributed by atoms with Crippen LogP contribution in [0.4, 0.5) is 0 Å². The Morgan fingerprint density at radius 3 is 2.46 bits per heavy atom. The van der Waals surface area contributed by atoms with Gasteiger partial charge in [-0.05, 0) is 5.56 Å². The Bertz CT molecular complexity index is 910. The van der Waals surface area contributed by atoms with Gasteiger partial charge in [-0.1, -0.05) is 75.1 Å². The molecular weight excluding hydrogens is 462 g/mol. The van der Waals surface area contributed by atoms with Crippen LogP contribution in [-0.2, 0) is 39.0 Å². The number of halogens is 2. The zero-order valence-electron chi connectivity index (χ0n) is 16.5. The second kappa shape index (κ2) is 11.4. The Morgan fingerprint density at radius 2 is 1.75 bits per heavy atom. The number of hydrogen-bond donors (Lipinski definition) is 0. The summed E-state index contributed by atoms with van der Waals surface area (Å²) in [4.78, 5) is 0. The van der Waals surface area contributed by atoms with Gasteiger partial charge in [0.25, 0.3) is 0 Å². The quantitative estimate of drug-likeness (QED) is 0.477. The van der Waals surface area contributed by atoms with E-state index in [9.17, 15) is 0 Å². The predicted molar refractivity (Wildman–Crippen MR) is 109 cm³/mol. The van der Waals surface area contributed by atoms with E-state index >= 15 is 0 Å². The molecule has 0 aromatic heterocycles. The van der Waals surface area contributed by atoms with Crippen LogP contribution in [0, 0.1) is 12.3 Å². The molecule has 0 N–H and O–H groups in total. The van der Waals surface area contributed by atoms with Crippen molar-refractivity contribution >= 4 is 16.8 Å². The Hall–Kier alpha value is -0.747. The number of fused-ring (bicyclic) bond motifs is 4. The number of hydrogen-bond acceptors (Lipinski definition) is 0. The van der Waals surface area contributed by atoms with Crippen LogP contribution in [0.25, 0.3) is 16.8 Å². The maximum atomic E-state index is 2.45. The van der Waals surface area contributed by atoms with E-state index in [0.717, 1.165) is 0 Å². The largest absolute Gasteiger partial charge is 4.00 e. The van der Waals surface area contributed by atoms with Crippen molar-refractivity contribution in [3.05, 3.63) is 89.3 Å². The minimum absolute atomic E-state index is 0. The van der Waals surface area contributed by atoms with Crippen molar-refractivity contribution in [1.82, 2.24) is 0 Å². The molecule has 28 heavy (non-hydrogen) atoms. The van der Waals surface area contributed by atoms with Crippen molar-refractivity contribution in [2.75, 3.05) is 0 Å². The molecule has 0 spiro atoms. The number of benzene rings is 2. The molecule has 5 rings (SSSR count). The molecule has 0 saturated heterocycles. The van der Waals surface area contributed by atoms with Gasteiger partial charge >= 0.3 is 26.2 Å². The van der Waals surface area contributed by atoms with Crippen molar-refractivity contribution in [3.63, 3.8) is 0 Å². The SMILES string of the molecule is CCC(C)[CH-]C1C=Cc2ccccc21.[Cl-].[Cl-].[Zr+4].c1ccc2c3c([cH-]c2c1)CC3. The molecule has 0 aliphatic heterocycles. The second-order valence-electron chi connectivity index (χ2n) is 7.33. The summed E-state index contributed by atoms with van der Waals surface area (Å²) in [5.74, 6) is 1.25. The number of aryl methyl sites for hydroxylation is 2. The van der Waals surface area contributed by atoms with E-state index in [-0.39, 0.29) is 51.0 Å². The number of allylic oxidation sites excluding steroid dienone is 1. The molecule has 2 atom stereocenters. The van der Waals surface area contributed by atoms with Crippen LogP contribution in [0.1, 0.15) is 48.4 Å². The van der Waals surface area contributed by atoms with E-state index in [2.05, 4.69) is 87.0 Å². The van der Waals surface area contributed by atoms with E-state index in [4.69, 9.17) is 0 Å².